The first-order chi connectivity index (χ1) is 18.3. The largest absolute Gasteiger partial charge is 0.325 e. The van der Waals surface area contributed by atoms with E-state index < -0.39 is 39.5 Å². The first-order valence-electron chi connectivity index (χ1n) is 12.4. The van der Waals surface area contributed by atoms with Gasteiger partial charge in [0.25, 0.3) is 11.6 Å². The SMILES string of the molecule is O=C(c1cccc([N+](=O)[O-])c1)[C@@H]1[C@@H]2CCCN2[C@]2(C(=O)Nc3ccc(Cl)cc32)[C@@]12C(=O)Nc1ccccc12. The van der Waals surface area contributed by atoms with Crippen molar-refractivity contribution < 1.29 is 19.3 Å². The molecule has 0 bridgehead atoms. The quantitative estimate of drug-likeness (QED) is 0.297. The normalized spacial score (nSPS) is 28.8. The first kappa shape index (κ1) is 23.1. The van der Waals surface area contributed by atoms with Crippen LogP contribution in [0.4, 0.5) is 17.1 Å². The molecule has 4 heterocycles. The molecule has 4 aliphatic heterocycles. The molecule has 3 aromatic rings. The van der Waals surface area contributed by atoms with Crippen molar-refractivity contribution in [1.29, 1.82) is 0 Å². The molecule has 0 saturated carbocycles. The number of nitrogens with one attached hydrogen (secondary N) is 2. The highest BCUT2D eigenvalue weighted by Crippen LogP contribution is 2.68. The Balaban J connectivity index is 1.57. The van der Waals surface area contributed by atoms with Crippen LogP contribution in [0.3, 0.4) is 0 Å². The van der Waals surface area contributed by atoms with Crippen molar-refractivity contribution in [3.05, 3.63) is 98.6 Å². The number of benzene rings is 3. The molecule has 0 aromatic heterocycles. The number of non-ortho nitro benzene ring substituents is 1. The van der Waals surface area contributed by atoms with E-state index >= 15 is 0 Å². The molecule has 2 saturated heterocycles. The molecule has 4 aliphatic rings. The minimum absolute atomic E-state index is 0.134. The number of anilines is 2. The fraction of sp³-hybridized carbons (Fsp3) is 0.250. The van der Waals surface area contributed by atoms with Gasteiger partial charge >= 0.3 is 0 Å². The summed E-state index contributed by atoms with van der Waals surface area (Å²) in [7, 11) is 0. The molecule has 0 unspecified atom stereocenters. The standard InChI is InChI=1S/C28H21ClN4O5/c29-16-10-11-21-19(14-16)28(26(36)31-21)27(18-7-1-2-8-20(18)30-25(27)35)23(22-9-4-12-32(22)28)24(34)15-5-3-6-17(13-15)33(37)38/h1-3,5-8,10-11,13-14,22-23H,4,9,12H2,(H,30,35)(H,31,36)/t22-,23-,27+,28+/m0/s1. The Hall–Kier alpha value is -4.08. The van der Waals surface area contributed by atoms with Crippen LogP contribution in [0.5, 0.6) is 0 Å². The third-order valence-electron chi connectivity index (χ3n) is 8.68. The zero-order valence-corrected chi connectivity index (χ0v) is 20.7. The van der Waals surface area contributed by atoms with E-state index in [0.29, 0.717) is 40.5 Å². The third-order valence-corrected chi connectivity index (χ3v) is 8.92. The Morgan fingerprint density at radius 2 is 1.74 bits per heavy atom. The zero-order chi connectivity index (χ0) is 26.4. The van der Waals surface area contributed by atoms with Gasteiger partial charge in [0.2, 0.25) is 5.91 Å². The number of Topliss-reactive ketones (excluding diaryl/α,β-unsaturated/α-hetero) is 1. The fourth-order valence-corrected chi connectivity index (χ4v) is 7.68. The van der Waals surface area contributed by atoms with Gasteiger partial charge < -0.3 is 10.6 Å². The van der Waals surface area contributed by atoms with Gasteiger partial charge in [0.15, 0.2) is 5.78 Å². The average Bonchev–Trinajstić information content (AvgIpc) is 3.62. The van der Waals surface area contributed by atoms with Gasteiger partial charge in [-0.1, -0.05) is 41.9 Å². The Morgan fingerprint density at radius 3 is 2.55 bits per heavy atom. The van der Waals surface area contributed by atoms with Crippen LogP contribution in [0.25, 0.3) is 0 Å². The van der Waals surface area contributed by atoms with Crippen LogP contribution in [-0.2, 0) is 20.5 Å². The number of nitro groups is 1. The first-order valence-corrected chi connectivity index (χ1v) is 12.8. The maximum absolute atomic E-state index is 14.5. The van der Waals surface area contributed by atoms with Gasteiger partial charge in [-0.2, -0.15) is 0 Å². The van der Waals surface area contributed by atoms with Crippen molar-refractivity contribution in [3.63, 3.8) is 0 Å². The van der Waals surface area contributed by atoms with Crippen LogP contribution in [0.15, 0.2) is 66.7 Å². The Kier molecular flexibility index (Phi) is 4.69. The molecule has 190 valence electrons. The molecule has 2 amide bonds. The van der Waals surface area contributed by atoms with Gasteiger partial charge in [0.1, 0.15) is 11.0 Å². The number of nitrogens with zero attached hydrogens (tertiary/aromatic N) is 2. The highest BCUT2D eigenvalue weighted by atomic mass is 35.5. The molecule has 10 heteroatoms. The summed E-state index contributed by atoms with van der Waals surface area (Å²) in [5.74, 6) is -2.22. The molecule has 3 aromatic carbocycles. The van der Waals surface area contributed by atoms with Crippen molar-refractivity contribution in [2.45, 2.75) is 29.8 Å². The van der Waals surface area contributed by atoms with E-state index in [2.05, 4.69) is 10.6 Å². The summed E-state index contributed by atoms with van der Waals surface area (Å²) < 4.78 is 0. The van der Waals surface area contributed by atoms with E-state index in [0.717, 1.165) is 6.42 Å². The monoisotopic (exact) mass is 528 g/mol. The van der Waals surface area contributed by atoms with E-state index in [-0.39, 0.29) is 17.2 Å². The minimum atomic E-state index is -1.63. The summed E-state index contributed by atoms with van der Waals surface area (Å²) in [5.41, 5.74) is -1.04. The average molecular weight is 529 g/mol. The van der Waals surface area contributed by atoms with Gasteiger partial charge in [0, 0.05) is 45.7 Å². The van der Waals surface area contributed by atoms with Crippen LogP contribution < -0.4 is 10.6 Å². The van der Waals surface area contributed by atoms with Crippen molar-refractivity contribution in [3.8, 4) is 0 Å². The smallest absolute Gasteiger partial charge is 0.270 e. The summed E-state index contributed by atoms with van der Waals surface area (Å²) in [6.07, 6.45) is 1.32. The number of carbonyl (C=O) groups is 3. The Bertz CT molecular complexity index is 1610. The second-order valence-electron chi connectivity index (χ2n) is 10.2. The fourth-order valence-electron chi connectivity index (χ4n) is 7.50. The summed E-state index contributed by atoms with van der Waals surface area (Å²) >= 11 is 6.46. The second-order valence-corrected chi connectivity index (χ2v) is 10.7. The molecule has 4 atom stereocenters. The minimum Gasteiger partial charge on any atom is -0.325 e. The van der Waals surface area contributed by atoms with Crippen LogP contribution >= 0.6 is 11.6 Å². The number of hydrogen-bond acceptors (Lipinski definition) is 6. The third kappa shape index (κ3) is 2.57. The lowest BCUT2D eigenvalue weighted by Crippen LogP contribution is -2.62. The van der Waals surface area contributed by atoms with Gasteiger partial charge in [0.05, 0.1) is 10.8 Å². The number of para-hydroxylation sites is 1. The number of halogens is 1. The van der Waals surface area contributed by atoms with Crippen molar-refractivity contribution in [2.24, 2.45) is 5.92 Å². The van der Waals surface area contributed by atoms with E-state index in [1.165, 1.54) is 24.3 Å². The molecule has 38 heavy (non-hydrogen) atoms. The molecule has 7 rings (SSSR count). The highest BCUT2D eigenvalue weighted by Gasteiger charge is 2.81. The molecular weight excluding hydrogens is 508 g/mol. The molecule has 2 N–H and O–H groups in total. The van der Waals surface area contributed by atoms with Crippen LogP contribution in [0.1, 0.15) is 34.3 Å². The maximum Gasteiger partial charge on any atom is 0.270 e. The topological polar surface area (TPSA) is 122 Å². The van der Waals surface area contributed by atoms with Crippen LogP contribution in [0, 0.1) is 16.0 Å². The number of hydrogen-bond donors (Lipinski definition) is 2. The highest BCUT2D eigenvalue weighted by molar-refractivity contribution is 6.31. The van der Waals surface area contributed by atoms with Crippen LogP contribution in [-0.4, -0.2) is 40.0 Å². The predicted molar refractivity (Wildman–Crippen MR) is 139 cm³/mol. The molecule has 0 aliphatic carbocycles. The molecule has 2 fully saturated rings. The summed E-state index contributed by atoms with van der Waals surface area (Å²) in [5, 5.41) is 17.9. The maximum atomic E-state index is 14.5. The summed E-state index contributed by atoms with van der Waals surface area (Å²) in [6, 6.07) is 17.4. The Labute approximate surface area is 221 Å². The second kappa shape index (κ2) is 7.72. The lowest BCUT2D eigenvalue weighted by molar-refractivity contribution is -0.384. The van der Waals surface area contributed by atoms with E-state index in [1.807, 2.05) is 4.90 Å². The van der Waals surface area contributed by atoms with Crippen LogP contribution in [0.2, 0.25) is 5.02 Å². The van der Waals surface area contributed by atoms with Crippen molar-refractivity contribution in [2.75, 3.05) is 17.2 Å². The number of fused-ring (bicyclic) bond motifs is 7. The number of rotatable bonds is 3. The van der Waals surface area contributed by atoms with E-state index in [9.17, 15) is 24.5 Å². The van der Waals surface area contributed by atoms with Crippen molar-refractivity contribution >= 4 is 46.3 Å². The lowest BCUT2D eigenvalue weighted by atomic mass is 9.57. The van der Waals surface area contributed by atoms with Gasteiger partial charge in [-0.25, -0.2) is 0 Å². The lowest BCUT2D eigenvalue weighted by Gasteiger charge is -2.43. The molecule has 9 nitrogen and oxygen atoms in total. The van der Waals surface area contributed by atoms with E-state index in [1.54, 1.807) is 42.5 Å². The predicted octanol–water partition coefficient (Wildman–Crippen LogP) is 4.26. The van der Waals surface area contributed by atoms with E-state index in [4.69, 9.17) is 11.6 Å². The number of ketones is 1. The summed E-state index contributed by atoms with van der Waals surface area (Å²) in [6.45, 7) is 0.500. The number of amides is 2. The summed E-state index contributed by atoms with van der Waals surface area (Å²) in [4.78, 5) is 56.2. The number of carbonyl (C=O) groups excluding carboxylic acids is 3. The van der Waals surface area contributed by atoms with Gasteiger partial charge in [-0.05, 0) is 49.2 Å². The molecule has 0 radical (unpaired) electrons. The zero-order valence-electron chi connectivity index (χ0n) is 19.9. The van der Waals surface area contributed by atoms with Gasteiger partial charge in [-0.15, -0.1) is 0 Å². The van der Waals surface area contributed by atoms with Crippen molar-refractivity contribution in [1.82, 2.24) is 4.90 Å². The molecule has 2 spiro atoms. The number of nitro benzene ring substituents is 1. The van der Waals surface area contributed by atoms with Gasteiger partial charge in [-0.3, -0.25) is 29.4 Å². The molecular formula is C28H21ClN4O5. The Morgan fingerprint density at radius 1 is 0.974 bits per heavy atom.